The molecule has 0 aliphatic carbocycles. The third-order valence-corrected chi connectivity index (χ3v) is 9.69. The van der Waals surface area contributed by atoms with Gasteiger partial charge in [-0.15, -0.1) is 0 Å². The van der Waals surface area contributed by atoms with Crippen LogP contribution >= 0.6 is 0 Å². The van der Waals surface area contributed by atoms with Gasteiger partial charge in [-0.2, -0.15) is 0 Å². The van der Waals surface area contributed by atoms with Crippen molar-refractivity contribution < 1.29 is 42.9 Å². The molecule has 9 nitrogen and oxygen atoms in total. The average molecular weight is 639 g/mol. The molecule has 0 fully saturated rings. The van der Waals surface area contributed by atoms with Gasteiger partial charge in [0.15, 0.2) is 0 Å². The summed E-state index contributed by atoms with van der Waals surface area (Å²) < 4.78 is 22.6. The second-order valence-electron chi connectivity index (χ2n) is 12.8. The van der Waals surface area contributed by atoms with Crippen molar-refractivity contribution in [2.24, 2.45) is 0 Å². The maximum absolute atomic E-state index is 10.3. The first-order chi connectivity index (χ1) is 20.8. The summed E-state index contributed by atoms with van der Waals surface area (Å²) in [6.07, 6.45) is 22.9. The molecule has 4 N–H and O–H groups in total. The Morgan fingerprint density at radius 2 is 1.09 bits per heavy atom. The van der Waals surface area contributed by atoms with Gasteiger partial charge in [0.25, 0.3) is 0 Å². The van der Waals surface area contributed by atoms with Crippen LogP contribution in [0.25, 0.3) is 0 Å². The Morgan fingerprint density at radius 1 is 0.581 bits per heavy atom. The van der Waals surface area contributed by atoms with Crippen LogP contribution in [0.4, 0.5) is 0 Å². The summed E-state index contributed by atoms with van der Waals surface area (Å²) in [4.78, 5) is 20.7. The molecule has 0 aromatic heterocycles. The highest BCUT2D eigenvalue weighted by atomic mass is 28.4. The van der Waals surface area contributed by atoms with Crippen LogP contribution in [-0.4, -0.2) is 119 Å². The van der Waals surface area contributed by atoms with E-state index in [-0.39, 0.29) is 51.8 Å². The highest BCUT2D eigenvalue weighted by Crippen LogP contribution is 2.15. The van der Waals surface area contributed by atoms with Crippen molar-refractivity contribution in [1.29, 1.82) is 0 Å². The summed E-state index contributed by atoms with van der Waals surface area (Å²) in [7, 11) is 0.743. The first kappa shape index (κ1) is 42.9. The van der Waals surface area contributed by atoms with E-state index in [2.05, 4.69) is 21.0 Å². The number of hydrogen-bond donors (Lipinski definition) is 4. The Kier molecular flexibility index (Phi) is 30.4. The molecule has 10 heteroatoms. The summed E-state index contributed by atoms with van der Waals surface area (Å²) in [5, 5.41) is 17.9. The zero-order chi connectivity index (χ0) is 31.9. The van der Waals surface area contributed by atoms with Gasteiger partial charge in [0.1, 0.15) is 0 Å². The van der Waals surface area contributed by atoms with Gasteiger partial charge >= 0.3 is 8.80 Å². The maximum Gasteiger partial charge on any atom is 0.495 e. The van der Waals surface area contributed by atoms with Crippen LogP contribution in [0.2, 0.25) is 6.04 Å². The molecule has 0 bridgehead atoms. The lowest BCUT2D eigenvalue weighted by molar-refractivity contribution is -0.890. The lowest BCUT2D eigenvalue weighted by atomic mass is 10.0. The van der Waals surface area contributed by atoms with Crippen LogP contribution in [0.5, 0.6) is 0 Å². The molecule has 0 saturated heterocycles. The molecule has 0 aromatic rings. The minimum atomic E-state index is -3.70. The number of aliphatic hydroxyl groups excluding tert-OH is 2. The predicted octanol–water partition coefficient (Wildman–Crippen LogP) is 5.45. The van der Waals surface area contributed by atoms with E-state index in [1.165, 1.54) is 103 Å². The van der Waals surface area contributed by atoms with Gasteiger partial charge in [-0.1, -0.05) is 96.8 Å². The topological polar surface area (TPSA) is 118 Å². The van der Waals surface area contributed by atoms with Gasteiger partial charge in [0.2, 0.25) is 0 Å². The van der Waals surface area contributed by atoms with E-state index in [9.17, 15) is 14.7 Å². The third kappa shape index (κ3) is 31.6. The van der Waals surface area contributed by atoms with Crippen molar-refractivity contribution in [3.63, 3.8) is 0 Å². The molecule has 0 heterocycles. The van der Waals surface area contributed by atoms with E-state index >= 15 is 0 Å². The fourth-order valence-electron chi connectivity index (χ4n) is 5.29. The molecule has 43 heavy (non-hydrogen) atoms. The van der Waals surface area contributed by atoms with Crippen molar-refractivity contribution in [1.82, 2.24) is 0 Å². The van der Waals surface area contributed by atoms with Crippen LogP contribution in [-0.2, 0) is 18.6 Å². The predicted molar refractivity (Wildman–Crippen MR) is 177 cm³/mol. The van der Waals surface area contributed by atoms with Crippen molar-refractivity contribution in [2.45, 2.75) is 135 Å². The molecule has 0 aliphatic rings. The van der Waals surface area contributed by atoms with Crippen LogP contribution in [0.15, 0.2) is 0 Å². The van der Waals surface area contributed by atoms with E-state index in [1.54, 1.807) is 0 Å². The second-order valence-corrected chi connectivity index (χ2v) is 15.1. The number of ether oxygens (including phenoxy) is 3. The minimum absolute atomic E-state index is 0.0142. The van der Waals surface area contributed by atoms with E-state index in [4.69, 9.17) is 23.7 Å². The van der Waals surface area contributed by atoms with Gasteiger partial charge in [-0.3, -0.25) is 0 Å². The van der Waals surface area contributed by atoms with E-state index in [0.29, 0.717) is 19.6 Å². The Morgan fingerprint density at radius 3 is 1.63 bits per heavy atom. The molecule has 1 atom stereocenters. The molecular weight excluding hydrogens is 566 g/mol. The molecule has 0 saturated carbocycles. The van der Waals surface area contributed by atoms with Gasteiger partial charge in [-0.25, -0.2) is 0 Å². The largest absolute Gasteiger partial charge is 0.495 e. The molecule has 0 rings (SSSR count). The normalized spacial score (nSPS) is 13.2. The van der Waals surface area contributed by atoms with Crippen molar-refractivity contribution in [3.8, 4) is 0 Å². The van der Waals surface area contributed by atoms with Gasteiger partial charge in [-0.05, 0) is 19.3 Å². The van der Waals surface area contributed by atoms with Crippen molar-refractivity contribution in [2.75, 3.05) is 80.0 Å². The molecule has 1 unspecified atom stereocenters. The molecule has 0 aromatic carbocycles. The SMILES string of the molecule is CCCCCCCCCCCCCCCCCC[N+](C)(C)CCC[Si](O)(O)OCCOCC(CCO)OCCOCCO. The van der Waals surface area contributed by atoms with Crippen molar-refractivity contribution >= 4 is 8.80 Å². The second kappa shape index (κ2) is 30.5. The minimum Gasteiger partial charge on any atom is -0.396 e. The summed E-state index contributed by atoms with van der Waals surface area (Å²) in [5.74, 6) is 0. The highest BCUT2D eigenvalue weighted by Gasteiger charge is 2.32. The van der Waals surface area contributed by atoms with Gasteiger partial charge in [0.05, 0.1) is 79.5 Å². The first-order valence-corrected chi connectivity index (χ1v) is 19.7. The van der Waals surface area contributed by atoms with Crippen LogP contribution < -0.4 is 0 Å². The summed E-state index contributed by atoms with van der Waals surface area (Å²) in [6.45, 7) is 5.85. The number of rotatable bonds is 35. The Balaban J connectivity index is 3.71. The fraction of sp³-hybridized carbons (Fsp3) is 1.00. The number of unbranched alkanes of at least 4 members (excludes halogenated alkanes) is 15. The number of hydrogen-bond acceptors (Lipinski definition) is 8. The van der Waals surface area contributed by atoms with Crippen molar-refractivity contribution in [3.05, 3.63) is 0 Å². The van der Waals surface area contributed by atoms with Crippen LogP contribution in [0, 0.1) is 0 Å². The maximum atomic E-state index is 10.3. The van der Waals surface area contributed by atoms with E-state index in [1.807, 2.05) is 0 Å². The fourth-order valence-corrected chi connectivity index (χ4v) is 6.46. The molecular formula is C33H72NO8Si+. The summed E-state index contributed by atoms with van der Waals surface area (Å²) in [5.41, 5.74) is 0. The quantitative estimate of drug-likeness (QED) is 0.0412. The molecule has 260 valence electrons. The lowest BCUT2D eigenvalue weighted by Gasteiger charge is -2.30. The number of aliphatic hydroxyl groups is 2. The van der Waals surface area contributed by atoms with Gasteiger partial charge < -0.3 is 42.9 Å². The van der Waals surface area contributed by atoms with E-state index in [0.717, 1.165) is 24.0 Å². The highest BCUT2D eigenvalue weighted by molar-refractivity contribution is 6.57. The first-order valence-electron chi connectivity index (χ1n) is 17.7. The lowest BCUT2D eigenvalue weighted by Crippen LogP contribution is -2.44. The Hall–Kier alpha value is -0.143. The van der Waals surface area contributed by atoms with Gasteiger partial charge in [0, 0.05) is 19.1 Å². The van der Waals surface area contributed by atoms with Crippen LogP contribution in [0.3, 0.4) is 0 Å². The molecule has 0 spiro atoms. The summed E-state index contributed by atoms with van der Waals surface area (Å²) in [6, 6.07) is 0.289. The summed E-state index contributed by atoms with van der Waals surface area (Å²) >= 11 is 0. The standard InChI is InChI=1S/C33H72NO8Si/c1-4-5-6-7-8-9-10-11-12-13-14-15-16-17-18-19-22-34(2,3)23-20-31-43(37,38)42-30-28-40-32-33(21-24-35)41-29-27-39-26-25-36/h33,35-38H,4-32H2,1-3H3/q+1. The smallest absolute Gasteiger partial charge is 0.396 e. The van der Waals surface area contributed by atoms with E-state index < -0.39 is 8.80 Å². The molecule has 0 radical (unpaired) electrons. The number of nitrogens with zero attached hydrogens (tertiary/aromatic N) is 1. The molecule has 0 aliphatic heterocycles. The Labute approximate surface area is 266 Å². The number of quaternary nitrogens is 1. The van der Waals surface area contributed by atoms with Crippen LogP contribution in [0.1, 0.15) is 122 Å². The zero-order valence-corrected chi connectivity index (χ0v) is 29.5. The monoisotopic (exact) mass is 639 g/mol. The zero-order valence-electron chi connectivity index (χ0n) is 28.5. The third-order valence-electron chi connectivity index (χ3n) is 8.02. The molecule has 0 amide bonds. The Bertz CT molecular complexity index is 571. The average Bonchev–Trinajstić information content (AvgIpc) is 2.96.